The molecule has 1 spiro atoms. The molecule has 1 saturated heterocycles. The number of anilines is 1. The molecular formula is C32H33F3N2O6. The summed E-state index contributed by atoms with van der Waals surface area (Å²) in [5.74, 6) is -0.574. The number of nitrogens with zero attached hydrogens (tertiary/aromatic N) is 1. The number of rotatable bonds is 5. The van der Waals surface area contributed by atoms with Crippen molar-refractivity contribution in [1.82, 2.24) is 4.90 Å². The van der Waals surface area contributed by atoms with Crippen molar-refractivity contribution in [3.05, 3.63) is 77.9 Å². The number of hydrogen-bond donors (Lipinski definition) is 2. The van der Waals surface area contributed by atoms with E-state index in [-0.39, 0.29) is 17.2 Å². The van der Waals surface area contributed by atoms with Gasteiger partial charge in [-0.2, -0.15) is 13.2 Å². The highest BCUT2D eigenvalue weighted by molar-refractivity contribution is 5.92. The average Bonchev–Trinajstić information content (AvgIpc) is 2.95. The summed E-state index contributed by atoms with van der Waals surface area (Å²) in [6, 6.07) is 17.6. The van der Waals surface area contributed by atoms with Crippen LogP contribution in [0.3, 0.4) is 0 Å². The minimum Gasteiger partial charge on any atom is -0.484 e. The molecule has 11 heteroatoms. The van der Waals surface area contributed by atoms with Crippen LogP contribution in [0.25, 0.3) is 11.1 Å². The van der Waals surface area contributed by atoms with Gasteiger partial charge in [-0.3, -0.25) is 4.79 Å². The van der Waals surface area contributed by atoms with Crippen LogP contribution in [0, 0.1) is 5.41 Å². The normalized spacial score (nSPS) is 18.0. The number of benzene rings is 3. The number of para-hydroxylation sites is 1. The molecule has 0 saturated carbocycles. The van der Waals surface area contributed by atoms with E-state index in [9.17, 15) is 27.9 Å². The predicted molar refractivity (Wildman–Crippen MR) is 153 cm³/mol. The molecule has 1 atom stereocenters. The average molecular weight is 599 g/mol. The van der Waals surface area contributed by atoms with Crippen LogP contribution in [0.4, 0.5) is 23.7 Å². The molecule has 2 amide bonds. The molecule has 0 bridgehead atoms. The zero-order valence-electron chi connectivity index (χ0n) is 24.0. The molecule has 43 heavy (non-hydrogen) atoms. The van der Waals surface area contributed by atoms with Gasteiger partial charge >= 0.3 is 12.3 Å². The van der Waals surface area contributed by atoms with Crippen LogP contribution in [0.15, 0.2) is 66.7 Å². The standard InChI is InChI=1S/C32H33F3N2O6/c1-30(2,3)28-23-18-21(11-12-26(23)42-31(43-28)13-15-37(16-14-31)29(39)40)20-7-6-8-22(17-20)41-19-27(38)36-25-10-5-4-9-24(25)32(33,34)35/h4-12,17-18,28H,13-16,19H2,1-3H3,(H,36,38)(H,39,40). The number of carbonyl (C=O) groups excluding carboxylic acids is 1. The van der Waals surface area contributed by atoms with Crippen molar-refractivity contribution in [1.29, 1.82) is 0 Å². The third-order valence-corrected chi connectivity index (χ3v) is 7.55. The van der Waals surface area contributed by atoms with E-state index in [4.69, 9.17) is 14.2 Å². The van der Waals surface area contributed by atoms with Crippen molar-refractivity contribution in [2.75, 3.05) is 25.0 Å². The molecule has 8 nitrogen and oxygen atoms in total. The fourth-order valence-electron chi connectivity index (χ4n) is 5.37. The van der Waals surface area contributed by atoms with Gasteiger partial charge in [-0.05, 0) is 52.9 Å². The number of alkyl halides is 3. The lowest BCUT2D eigenvalue weighted by Crippen LogP contribution is -2.54. The molecule has 0 aromatic heterocycles. The second-order valence-electron chi connectivity index (χ2n) is 11.8. The molecule has 2 aliphatic heterocycles. The van der Waals surface area contributed by atoms with Crippen molar-refractivity contribution in [2.24, 2.45) is 5.41 Å². The quantitative estimate of drug-likeness (QED) is 0.319. The van der Waals surface area contributed by atoms with E-state index in [1.165, 1.54) is 23.1 Å². The fraction of sp³-hybridized carbons (Fsp3) is 0.375. The number of piperidine rings is 1. The number of nitrogens with one attached hydrogen (secondary N) is 1. The van der Waals surface area contributed by atoms with Crippen LogP contribution in [0.1, 0.15) is 50.8 Å². The number of fused-ring (bicyclic) bond motifs is 1. The van der Waals surface area contributed by atoms with Crippen LogP contribution >= 0.6 is 0 Å². The molecule has 228 valence electrons. The Hall–Kier alpha value is -4.25. The van der Waals surface area contributed by atoms with Gasteiger partial charge in [0.1, 0.15) is 11.5 Å². The first-order chi connectivity index (χ1) is 20.2. The van der Waals surface area contributed by atoms with Gasteiger partial charge in [-0.1, -0.05) is 51.1 Å². The summed E-state index contributed by atoms with van der Waals surface area (Å²) < 4.78 is 58.4. The number of likely N-dealkylation sites (tertiary alicyclic amines) is 1. The number of halogens is 3. The molecular weight excluding hydrogens is 565 g/mol. The minimum atomic E-state index is -4.60. The molecule has 2 aliphatic rings. The lowest BCUT2D eigenvalue weighted by Gasteiger charge is -2.49. The maximum absolute atomic E-state index is 13.3. The third-order valence-electron chi connectivity index (χ3n) is 7.55. The molecule has 3 aromatic rings. The number of carboxylic acid groups (broad SMARTS) is 1. The van der Waals surface area contributed by atoms with Crippen molar-refractivity contribution < 1.29 is 42.1 Å². The first kappa shape index (κ1) is 30.2. The second-order valence-corrected chi connectivity index (χ2v) is 11.8. The van der Waals surface area contributed by atoms with Gasteiger partial charge in [-0.15, -0.1) is 0 Å². The zero-order valence-corrected chi connectivity index (χ0v) is 24.0. The Balaban J connectivity index is 1.32. The summed E-state index contributed by atoms with van der Waals surface area (Å²) in [5.41, 5.74) is 0.952. The summed E-state index contributed by atoms with van der Waals surface area (Å²) in [6.45, 7) is 6.39. The summed E-state index contributed by atoms with van der Waals surface area (Å²) in [5, 5.41) is 11.6. The van der Waals surface area contributed by atoms with Gasteiger partial charge in [-0.25, -0.2) is 4.79 Å². The van der Waals surface area contributed by atoms with Crippen molar-refractivity contribution >= 4 is 17.7 Å². The van der Waals surface area contributed by atoms with E-state index in [0.29, 0.717) is 37.4 Å². The highest BCUT2D eigenvalue weighted by Crippen LogP contribution is 2.50. The van der Waals surface area contributed by atoms with Gasteiger partial charge in [0, 0.05) is 31.5 Å². The smallest absolute Gasteiger partial charge is 0.418 e. The SMILES string of the molecule is CC(C)(C)C1OC2(CCN(C(=O)O)CC2)Oc2ccc(-c3cccc(OCC(=O)Nc4ccccc4C(F)(F)F)c3)cc21. The first-order valence-electron chi connectivity index (χ1n) is 13.9. The van der Waals surface area contributed by atoms with Gasteiger partial charge in [0.15, 0.2) is 6.61 Å². The molecule has 2 N–H and O–H groups in total. The van der Waals surface area contributed by atoms with E-state index in [1.807, 2.05) is 24.3 Å². The highest BCUT2D eigenvalue weighted by atomic mass is 19.4. The van der Waals surface area contributed by atoms with E-state index in [1.54, 1.807) is 18.2 Å². The lowest BCUT2D eigenvalue weighted by atomic mass is 9.82. The molecule has 2 heterocycles. The van der Waals surface area contributed by atoms with E-state index < -0.39 is 36.1 Å². The number of hydrogen-bond acceptors (Lipinski definition) is 5. The highest BCUT2D eigenvalue weighted by Gasteiger charge is 2.48. The van der Waals surface area contributed by atoms with Crippen LogP contribution in [-0.4, -0.2) is 47.5 Å². The molecule has 1 fully saturated rings. The Morgan fingerprint density at radius 1 is 1.00 bits per heavy atom. The lowest BCUT2D eigenvalue weighted by molar-refractivity contribution is -0.266. The Morgan fingerprint density at radius 3 is 2.37 bits per heavy atom. The van der Waals surface area contributed by atoms with Gasteiger partial charge in [0.2, 0.25) is 5.79 Å². The molecule has 1 unspecified atom stereocenters. The third kappa shape index (κ3) is 6.72. The molecule has 5 rings (SSSR count). The fourth-order valence-corrected chi connectivity index (χ4v) is 5.37. The maximum Gasteiger partial charge on any atom is 0.418 e. The Labute approximate surface area is 247 Å². The van der Waals surface area contributed by atoms with Crippen LogP contribution in [0.2, 0.25) is 0 Å². The molecule has 0 aliphatic carbocycles. The van der Waals surface area contributed by atoms with E-state index in [2.05, 4.69) is 26.1 Å². The second kappa shape index (κ2) is 11.4. The number of carbonyl (C=O) groups is 2. The minimum absolute atomic E-state index is 0.295. The molecule has 0 radical (unpaired) electrons. The van der Waals surface area contributed by atoms with Crippen LogP contribution < -0.4 is 14.8 Å². The van der Waals surface area contributed by atoms with Crippen molar-refractivity contribution in [2.45, 2.75) is 51.7 Å². The first-order valence-corrected chi connectivity index (χ1v) is 13.9. The maximum atomic E-state index is 13.3. The summed E-state index contributed by atoms with van der Waals surface area (Å²) in [4.78, 5) is 25.2. The summed E-state index contributed by atoms with van der Waals surface area (Å²) in [7, 11) is 0. The van der Waals surface area contributed by atoms with Gasteiger partial charge < -0.3 is 29.5 Å². The van der Waals surface area contributed by atoms with Gasteiger partial charge in [0.25, 0.3) is 5.91 Å². The van der Waals surface area contributed by atoms with E-state index >= 15 is 0 Å². The summed E-state index contributed by atoms with van der Waals surface area (Å²) >= 11 is 0. The van der Waals surface area contributed by atoms with Crippen LogP contribution in [0.5, 0.6) is 11.5 Å². The summed E-state index contributed by atoms with van der Waals surface area (Å²) in [6.07, 6.45) is -5.05. The monoisotopic (exact) mass is 598 g/mol. The van der Waals surface area contributed by atoms with E-state index in [0.717, 1.165) is 22.8 Å². The van der Waals surface area contributed by atoms with Crippen molar-refractivity contribution in [3.63, 3.8) is 0 Å². The molecule has 3 aromatic carbocycles. The largest absolute Gasteiger partial charge is 0.484 e. The van der Waals surface area contributed by atoms with Crippen molar-refractivity contribution in [3.8, 4) is 22.6 Å². The Kier molecular flexibility index (Phi) is 8.04. The zero-order chi connectivity index (χ0) is 31.0. The Morgan fingerprint density at radius 2 is 1.70 bits per heavy atom. The topological polar surface area (TPSA) is 97.3 Å². The van der Waals surface area contributed by atoms with Crippen LogP contribution in [-0.2, 0) is 15.7 Å². The number of ether oxygens (including phenoxy) is 3. The predicted octanol–water partition coefficient (Wildman–Crippen LogP) is 7.36. The Bertz CT molecular complexity index is 1510. The number of amides is 2. The van der Waals surface area contributed by atoms with Gasteiger partial charge in [0.05, 0.1) is 17.4 Å².